The van der Waals surface area contributed by atoms with E-state index in [0.29, 0.717) is 38.2 Å². The van der Waals surface area contributed by atoms with Crippen molar-refractivity contribution in [3.63, 3.8) is 0 Å². The van der Waals surface area contributed by atoms with Gasteiger partial charge in [-0.3, -0.25) is 14.6 Å². The van der Waals surface area contributed by atoms with Crippen LogP contribution in [0.5, 0.6) is 0 Å². The maximum atomic E-state index is 14.8. The van der Waals surface area contributed by atoms with Crippen molar-refractivity contribution in [3.05, 3.63) is 59.2 Å². The monoisotopic (exact) mass is 541 g/mol. The SMILES string of the molecule is CC[C@@H]1CC[C@H](C(=O)NC(c2ccc(C(F)(F)F)cc2F)C2CC2)N1C(=O)c1cc(S(C)(=O)=O)ccn1. The van der Waals surface area contributed by atoms with Crippen LogP contribution in [0.4, 0.5) is 17.6 Å². The number of rotatable bonds is 7. The Kier molecular flexibility index (Phi) is 7.33. The summed E-state index contributed by atoms with van der Waals surface area (Å²) in [7, 11) is -3.59. The molecule has 1 aliphatic heterocycles. The van der Waals surface area contributed by atoms with Crippen molar-refractivity contribution in [1.29, 1.82) is 0 Å². The van der Waals surface area contributed by atoms with Crippen LogP contribution in [0.25, 0.3) is 0 Å². The van der Waals surface area contributed by atoms with Crippen molar-refractivity contribution in [2.24, 2.45) is 5.92 Å². The van der Waals surface area contributed by atoms with Gasteiger partial charge in [0.15, 0.2) is 9.84 Å². The van der Waals surface area contributed by atoms with E-state index in [9.17, 15) is 35.6 Å². The lowest BCUT2D eigenvalue weighted by molar-refractivity contribution is -0.137. The van der Waals surface area contributed by atoms with Gasteiger partial charge in [0.05, 0.1) is 16.5 Å². The predicted octanol–water partition coefficient (Wildman–Crippen LogP) is 4.29. The van der Waals surface area contributed by atoms with Crippen LogP contribution in [0, 0.1) is 11.7 Å². The fourth-order valence-corrected chi connectivity index (χ4v) is 5.46. The molecule has 3 atom stereocenters. The summed E-state index contributed by atoms with van der Waals surface area (Å²) in [6.45, 7) is 1.86. The third-order valence-corrected chi connectivity index (χ3v) is 8.05. The topological polar surface area (TPSA) is 96.4 Å². The number of nitrogens with zero attached hydrogens (tertiary/aromatic N) is 2. The molecule has 2 aliphatic rings. The van der Waals surface area contributed by atoms with Crippen LogP contribution in [-0.2, 0) is 20.8 Å². The highest BCUT2D eigenvalue weighted by atomic mass is 32.2. The van der Waals surface area contributed by atoms with Gasteiger partial charge in [-0.05, 0) is 62.3 Å². The van der Waals surface area contributed by atoms with Crippen LogP contribution >= 0.6 is 0 Å². The fraction of sp³-hybridized carbons (Fsp3) is 0.480. The zero-order chi connectivity index (χ0) is 27.1. The second kappa shape index (κ2) is 10.0. The number of aromatic nitrogens is 1. The quantitative estimate of drug-likeness (QED) is 0.528. The largest absolute Gasteiger partial charge is 0.416 e. The number of hydrogen-bond donors (Lipinski definition) is 1. The minimum Gasteiger partial charge on any atom is -0.347 e. The van der Waals surface area contributed by atoms with Crippen molar-refractivity contribution >= 4 is 21.7 Å². The molecular formula is C25H27F4N3O4S. The molecule has 1 N–H and O–H groups in total. The van der Waals surface area contributed by atoms with Crippen molar-refractivity contribution in [2.75, 3.05) is 6.26 Å². The summed E-state index contributed by atoms with van der Waals surface area (Å²) >= 11 is 0. The summed E-state index contributed by atoms with van der Waals surface area (Å²) in [5.41, 5.74) is -1.26. The molecule has 1 aromatic heterocycles. The number of nitrogens with one attached hydrogen (secondary N) is 1. The number of carbonyl (C=O) groups is 2. The van der Waals surface area contributed by atoms with Gasteiger partial charge in [0.25, 0.3) is 5.91 Å². The second-order valence-corrected chi connectivity index (χ2v) is 11.6. The van der Waals surface area contributed by atoms with E-state index in [0.717, 1.165) is 18.4 Å². The third kappa shape index (κ3) is 5.78. The number of carbonyl (C=O) groups excluding carboxylic acids is 2. The van der Waals surface area contributed by atoms with Crippen molar-refractivity contribution < 1.29 is 35.6 Å². The highest BCUT2D eigenvalue weighted by molar-refractivity contribution is 7.90. The number of pyridine rings is 1. The predicted molar refractivity (Wildman–Crippen MR) is 126 cm³/mol. The van der Waals surface area contributed by atoms with Gasteiger partial charge in [-0.15, -0.1) is 0 Å². The molecular weight excluding hydrogens is 514 g/mol. The van der Waals surface area contributed by atoms with Gasteiger partial charge in [0, 0.05) is 24.1 Å². The lowest BCUT2D eigenvalue weighted by Crippen LogP contribution is -2.50. The molecule has 1 saturated carbocycles. The highest BCUT2D eigenvalue weighted by Crippen LogP contribution is 2.43. The summed E-state index contributed by atoms with van der Waals surface area (Å²) < 4.78 is 77.6. The van der Waals surface area contributed by atoms with Gasteiger partial charge in [-0.1, -0.05) is 13.0 Å². The van der Waals surface area contributed by atoms with Crippen LogP contribution in [0.3, 0.4) is 0 Å². The number of alkyl halides is 3. The molecule has 7 nitrogen and oxygen atoms in total. The van der Waals surface area contributed by atoms with Gasteiger partial charge in [-0.2, -0.15) is 13.2 Å². The number of benzene rings is 1. The molecule has 4 rings (SSSR count). The van der Waals surface area contributed by atoms with E-state index in [2.05, 4.69) is 10.3 Å². The molecule has 2 fully saturated rings. The lowest BCUT2D eigenvalue weighted by atomic mass is 9.99. The van der Waals surface area contributed by atoms with Crippen LogP contribution < -0.4 is 5.32 Å². The highest BCUT2D eigenvalue weighted by Gasteiger charge is 2.43. The van der Waals surface area contributed by atoms with Gasteiger partial charge in [0.2, 0.25) is 5.91 Å². The second-order valence-electron chi connectivity index (χ2n) is 9.57. The maximum Gasteiger partial charge on any atom is 0.416 e. The minimum absolute atomic E-state index is 0.0331. The van der Waals surface area contributed by atoms with Gasteiger partial charge < -0.3 is 10.2 Å². The van der Waals surface area contributed by atoms with Crippen LogP contribution in [-0.4, -0.2) is 48.5 Å². The maximum absolute atomic E-state index is 14.8. The first-order chi connectivity index (χ1) is 17.3. The molecule has 2 aromatic rings. The number of likely N-dealkylation sites (tertiary alicyclic amines) is 1. The summed E-state index contributed by atoms with van der Waals surface area (Å²) in [6, 6.07) is 2.66. The van der Waals surface area contributed by atoms with Crippen molar-refractivity contribution in [2.45, 2.75) is 68.2 Å². The average molecular weight is 542 g/mol. The Hall–Kier alpha value is -3.02. The normalized spacial score (nSPS) is 21.1. The van der Waals surface area contributed by atoms with E-state index in [4.69, 9.17) is 0 Å². The summed E-state index contributed by atoms with van der Waals surface area (Å²) in [4.78, 5) is 32.2. The third-order valence-electron chi connectivity index (χ3n) is 6.94. The van der Waals surface area contributed by atoms with Crippen LogP contribution in [0.15, 0.2) is 41.4 Å². The number of sulfone groups is 1. The Morgan fingerprint density at radius 2 is 1.84 bits per heavy atom. The summed E-state index contributed by atoms with van der Waals surface area (Å²) in [5.74, 6) is -2.33. The van der Waals surface area contributed by atoms with Crippen LogP contribution in [0.1, 0.15) is 66.7 Å². The molecule has 0 radical (unpaired) electrons. The molecule has 200 valence electrons. The Labute approximate surface area is 212 Å². The fourth-order valence-electron chi connectivity index (χ4n) is 4.82. The minimum atomic E-state index is -4.69. The summed E-state index contributed by atoms with van der Waals surface area (Å²) in [5, 5.41) is 2.78. The van der Waals surface area contributed by atoms with E-state index < -0.39 is 51.3 Å². The van der Waals surface area contributed by atoms with E-state index >= 15 is 0 Å². The van der Waals surface area contributed by atoms with E-state index in [1.54, 1.807) is 0 Å². The van der Waals surface area contributed by atoms with Gasteiger partial charge >= 0.3 is 6.18 Å². The van der Waals surface area contributed by atoms with E-state index in [1.165, 1.54) is 23.2 Å². The Morgan fingerprint density at radius 1 is 1.14 bits per heavy atom. The molecule has 1 unspecified atom stereocenters. The van der Waals surface area contributed by atoms with E-state index in [1.807, 2.05) is 6.92 Å². The van der Waals surface area contributed by atoms with Gasteiger partial charge in [-0.25, -0.2) is 12.8 Å². The van der Waals surface area contributed by atoms with E-state index in [-0.39, 0.29) is 28.1 Å². The molecule has 1 saturated heterocycles. The Bertz CT molecular complexity index is 1310. The Morgan fingerprint density at radius 3 is 2.41 bits per heavy atom. The summed E-state index contributed by atoms with van der Waals surface area (Å²) in [6.07, 6.45) is 0.281. The molecule has 12 heteroatoms. The lowest BCUT2D eigenvalue weighted by Gasteiger charge is -2.30. The number of amides is 2. The molecule has 0 spiro atoms. The average Bonchev–Trinajstić information content (AvgIpc) is 3.58. The van der Waals surface area contributed by atoms with Crippen LogP contribution in [0.2, 0.25) is 0 Å². The Balaban J connectivity index is 1.60. The first-order valence-electron chi connectivity index (χ1n) is 12.0. The number of hydrogen-bond acceptors (Lipinski definition) is 5. The standard InChI is InChI=1S/C25H27F4N3O4S/c1-3-16-7-9-21(32(16)24(34)20-13-17(10-11-30-20)37(2,35)36)23(33)31-22(14-4-5-14)18-8-6-15(12-19(18)26)25(27,28)29/h6,8,10-14,16,21-22H,3-5,7,9H2,1-2H3,(H,31,33)/t16-,21-,22?/m1/s1. The molecule has 0 bridgehead atoms. The van der Waals surface area contributed by atoms with Crippen molar-refractivity contribution in [3.8, 4) is 0 Å². The first-order valence-corrected chi connectivity index (χ1v) is 13.9. The van der Waals surface area contributed by atoms with Gasteiger partial charge in [0.1, 0.15) is 17.6 Å². The van der Waals surface area contributed by atoms with Crippen molar-refractivity contribution in [1.82, 2.24) is 15.2 Å². The zero-order valence-corrected chi connectivity index (χ0v) is 21.1. The smallest absolute Gasteiger partial charge is 0.347 e. The number of halogens is 4. The molecule has 2 heterocycles. The zero-order valence-electron chi connectivity index (χ0n) is 20.3. The first kappa shape index (κ1) is 27.0. The molecule has 1 aliphatic carbocycles. The molecule has 37 heavy (non-hydrogen) atoms. The molecule has 1 aromatic carbocycles. The molecule has 2 amide bonds.